The van der Waals surface area contributed by atoms with Crippen LogP contribution in [0.5, 0.6) is 11.5 Å². The number of carbonyl (C=O) groups excluding carboxylic acids is 2. The van der Waals surface area contributed by atoms with Gasteiger partial charge in [-0.15, -0.1) is 4.79 Å². The van der Waals surface area contributed by atoms with Gasteiger partial charge in [0.1, 0.15) is 11.5 Å². The Labute approximate surface area is 204 Å². The van der Waals surface area contributed by atoms with Crippen molar-refractivity contribution < 1.29 is 40.7 Å². The molecule has 0 atom stereocenters. The summed E-state index contributed by atoms with van der Waals surface area (Å²) < 4.78 is 60.4. The molecule has 0 saturated carbocycles. The zero-order valence-corrected chi connectivity index (χ0v) is 21.0. The topological polar surface area (TPSA) is 157 Å². The first-order chi connectivity index (χ1) is 16.6. The van der Waals surface area contributed by atoms with Gasteiger partial charge in [0.05, 0.1) is 9.79 Å². The van der Waals surface area contributed by atoms with E-state index in [1.54, 1.807) is 0 Å². The molecule has 0 N–H and O–H groups in total. The summed E-state index contributed by atoms with van der Waals surface area (Å²) in [4.78, 5) is 25.0. The Morgan fingerprint density at radius 2 is 1.06 bits per heavy atom. The van der Waals surface area contributed by atoms with Crippen LogP contribution in [0.1, 0.15) is 52.4 Å². The first-order valence-electron chi connectivity index (χ1n) is 10.9. The molecule has 0 unspecified atom stereocenters. The SMILES string of the molecule is CCCCC(=O)Oc1ccc(S(=O)(=O)C(=[N+]=[N-])S(=O)(=O)c2ccc(OC(=O)CCCC)cc2)cc1. The molecule has 35 heavy (non-hydrogen) atoms. The number of esters is 2. The largest absolute Gasteiger partial charge is 0.504 e. The molecular weight excluding hydrogens is 496 g/mol. The van der Waals surface area contributed by atoms with E-state index < -0.39 is 45.8 Å². The molecule has 0 aliphatic rings. The summed E-state index contributed by atoms with van der Waals surface area (Å²) in [5.41, 5.74) is 9.32. The summed E-state index contributed by atoms with van der Waals surface area (Å²) >= 11 is 0. The molecule has 0 bridgehead atoms. The molecule has 2 aromatic rings. The van der Waals surface area contributed by atoms with Gasteiger partial charge in [-0.25, -0.2) is 16.8 Å². The van der Waals surface area contributed by atoms with Crippen LogP contribution in [-0.2, 0) is 29.3 Å². The quantitative estimate of drug-likeness (QED) is 0.114. The molecule has 188 valence electrons. The van der Waals surface area contributed by atoms with Gasteiger partial charge in [-0.2, -0.15) is 0 Å². The van der Waals surface area contributed by atoms with Crippen molar-refractivity contribution in [3.05, 3.63) is 54.1 Å². The molecule has 0 aliphatic carbocycles. The molecule has 2 aromatic carbocycles. The van der Waals surface area contributed by atoms with Crippen LogP contribution < -0.4 is 9.47 Å². The van der Waals surface area contributed by atoms with Gasteiger partial charge < -0.3 is 15.0 Å². The van der Waals surface area contributed by atoms with Gasteiger partial charge in [0.2, 0.25) is 0 Å². The Balaban J connectivity index is 2.24. The van der Waals surface area contributed by atoms with E-state index in [-0.39, 0.29) is 24.3 Å². The molecule has 12 heteroatoms. The number of ether oxygens (including phenoxy) is 2. The average molecular weight is 523 g/mol. The van der Waals surface area contributed by atoms with Crippen LogP contribution in [0.25, 0.3) is 5.53 Å². The maximum atomic E-state index is 12.9. The lowest BCUT2D eigenvalue weighted by atomic mass is 10.2. The fraction of sp³-hybridized carbons (Fsp3) is 0.348. The standard InChI is InChI=1S/C23H26N2O8S2/c1-3-5-7-21(26)32-17-9-13-19(14-10-17)34(28,29)23(25-24)35(30,31)20-15-11-18(12-16-20)33-22(27)8-6-4-2/h9-16H,3-8H2,1-2H3. The Bertz CT molecular complexity index is 1210. The number of sulfone groups is 2. The van der Waals surface area contributed by atoms with Crippen molar-refractivity contribution in [2.45, 2.75) is 62.2 Å². The Morgan fingerprint density at radius 1 is 0.714 bits per heavy atom. The number of nitrogens with zero attached hydrogens (tertiary/aromatic N) is 2. The van der Waals surface area contributed by atoms with Gasteiger partial charge >= 0.3 is 16.3 Å². The Kier molecular flexibility index (Phi) is 9.88. The van der Waals surface area contributed by atoms with Crippen LogP contribution in [-0.4, -0.2) is 37.9 Å². The van der Waals surface area contributed by atoms with Gasteiger partial charge in [0.15, 0.2) is 0 Å². The Hall–Kier alpha value is -3.34. The summed E-state index contributed by atoms with van der Waals surface area (Å²) in [5.74, 6) is -0.803. The maximum absolute atomic E-state index is 12.9. The molecule has 0 saturated heterocycles. The molecule has 2 rings (SSSR count). The number of unbranched alkanes of at least 4 members (excludes halogenated alkanes) is 2. The highest BCUT2D eigenvalue weighted by Gasteiger charge is 2.44. The summed E-state index contributed by atoms with van der Waals surface area (Å²) in [6.45, 7) is 3.83. The van der Waals surface area contributed by atoms with Crippen LogP contribution in [0.4, 0.5) is 0 Å². The number of carbonyl (C=O) groups is 2. The number of hydrogen-bond acceptors (Lipinski definition) is 8. The molecule has 10 nitrogen and oxygen atoms in total. The van der Waals surface area contributed by atoms with E-state index in [1.807, 2.05) is 13.8 Å². The second kappa shape index (κ2) is 12.4. The zero-order valence-electron chi connectivity index (χ0n) is 19.3. The molecule has 0 spiro atoms. The lowest BCUT2D eigenvalue weighted by molar-refractivity contribution is -0.135. The van der Waals surface area contributed by atoms with Crippen LogP contribution in [0, 0.1) is 0 Å². The molecule has 0 heterocycles. The minimum absolute atomic E-state index is 0.0828. The smallest absolute Gasteiger partial charge is 0.427 e. The van der Waals surface area contributed by atoms with Crippen molar-refractivity contribution in [1.82, 2.24) is 0 Å². The molecule has 0 aliphatic heterocycles. The predicted molar refractivity (Wildman–Crippen MR) is 126 cm³/mol. The number of rotatable bonds is 10. The number of benzene rings is 2. The lowest BCUT2D eigenvalue weighted by Crippen LogP contribution is -2.26. The highest BCUT2D eigenvalue weighted by atomic mass is 32.3. The van der Waals surface area contributed by atoms with Gasteiger partial charge in [-0.3, -0.25) is 9.59 Å². The van der Waals surface area contributed by atoms with Crippen molar-refractivity contribution in [1.29, 1.82) is 0 Å². The van der Waals surface area contributed by atoms with Crippen molar-refractivity contribution in [2.75, 3.05) is 0 Å². The summed E-state index contributed by atoms with van der Waals surface area (Å²) in [5, 5.41) is 0. The third kappa shape index (κ3) is 7.32. The van der Waals surface area contributed by atoms with E-state index >= 15 is 0 Å². The van der Waals surface area contributed by atoms with Crippen molar-refractivity contribution in [3.8, 4) is 11.5 Å². The summed E-state index contributed by atoms with van der Waals surface area (Å²) in [6, 6.07) is 8.93. The van der Waals surface area contributed by atoms with E-state index in [4.69, 9.17) is 9.47 Å². The second-order valence-corrected chi connectivity index (χ2v) is 11.5. The fourth-order valence-electron chi connectivity index (χ4n) is 2.83. The zero-order chi connectivity index (χ0) is 26.1. The normalized spacial score (nSPS) is 11.4. The molecule has 0 aromatic heterocycles. The first-order valence-corrected chi connectivity index (χ1v) is 13.9. The van der Waals surface area contributed by atoms with E-state index in [9.17, 15) is 32.0 Å². The van der Waals surface area contributed by atoms with Crippen molar-refractivity contribution >= 4 is 36.0 Å². The third-order valence-corrected chi connectivity index (χ3v) is 8.93. The van der Waals surface area contributed by atoms with Crippen LogP contribution in [0.15, 0.2) is 58.3 Å². The highest BCUT2D eigenvalue weighted by molar-refractivity contribution is 8.31. The maximum Gasteiger partial charge on any atom is 0.504 e. The van der Waals surface area contributed by atoms with Gasteiger partial charge in [0, 0.05) is 12.8 Å². The minimum Gasteiger partial charge on any atom is -0.427 e. The van der Waals surface area contributed by atoms with Crippen LogP contribution >= 0.6 is 0 Å². The predicted octanol–water partition coefficient (Wildman–Crippen LogP) is 3.71. The van der Waals surface area contributed by atoms with E-state index in [0.29, 0.717) is 12.8 Å². The van der Waals surface area contributed by atoms with E-state index in [1.165, 1.54) is 24.3 Å². The molecule has 0 amide bonds. The number of hydrogen-bond donors (Lipinski definition) is 0. The van der Waals surface area contributed by atoms with Crippen LogP contribution in [0.3, 0.4) is 0 Å². The average Bonchev–Trinajstić information content (AvgIpc) is 2.82. The van der Waals surface area contributed by atoms with Gasteiger partial charge in [-0.05, 0) is 61.4 Å². The van der Waals surface area contributed by atoms with Gasteiger partial charge in [0.25, 0.3) is 19.7 Å². The van der Waals surface area contributed by atoms with E-state index in [2.05, 4.69) is 4.79 Å². The monoisotopic (exact) mass is 522 g/mol. The highest BCUT2D eigenvalue weighted by Crippen LogP contribution is 2.24. The van der Waals surface area contributed by atoms with Crippen molar-refractivity contribution in [3.63, 3.8) is 0 Å². The Morgan fingerprint density at radius 3 is 1.34 bits per heavy atom. The molecule has 0 fully saturated rings. The first kappa shape index (κ1) is 27.9. The third-order valence-electron chi connectivity index (χ3n) is 4.74. The molecular formula is C23H26N2O8S2. The lowest BCUT2D eigenvalue weighted by Gasteiger charge is -2.07. The van der Waals surface area contributed by atoms with Crippen LogP contribution in [0.2, 0.25) is 0 Å². The summed E-state index contributed by atoms with van der Waals surface area (Å²) in [7, 11) is -9.54. The van der Waals surface area contributed by atoms with Gasteiger partial charge in [-0.1, -0.05) is 26.7 Å². The summed E-state index contributed by atoms with van der Waals surface area (Å²) in [6.07, 6.45) is 3.29. The van der Waals surface area contributed by atoms with Crippen molar-refractivity contribution in [2.24, 2.45) is 0 Å². The van der Waals surface area contributed by atoms with E-state index in [0.717, 1.165) is 37.1 Å². The fourth-order valence-corrected chi connectivity index (χ4v) is 6.17. The minimum atomic E-state index is -4.77. The second-order valence-electron chi connectivity index (χ2n) is 7.47. The molecule has 0 radical (unpaired) electrons.